The molecule has 14 nitrogen and oxygen atoms in total. The number of nitrogens with zero attached hydrogens (tertiary/aromatic N) is 4. The lowest BCUT2D eigenvalue weighted by Crippen LogP contribution is -2.36. The molecule has 0 spiro atoms. The van der Waals surface area contributed by atoms with Gasteiger partial charge in [-0.2, -0.15) is 9.97 Å². The summed E-state index contributed by atoms with van der Waals surface area (Å²) in [6.07, 6.45) is -2.04. The van der Waals surface area contributed by atoms with Gasteiger partial charge in [-0.15, -0.1) is 0 Å². The van der Waals surface area contributed by atoms with Crippen LogP contribution in [-0.2, 0) is 32.7 Å². The molecule has 40 heavy (non-hydrogen) atoms. The second-order valence-electron chi connectivity index (χ2n) is 10.2. The van der Waals surface area contributed by atoms with E-state index in [0.29, 0.717) is 0 Å². The van der Waals surface area contributed by atoms with Crippen molar-refractivity contribution in [3.63, 3.8) is 0 Å². The molecule has 5 N–H and O–H groups in total. The fraction of sp³-hybridized carbons (Fsp3) is 0.696. The van der Waals surface area contributed by atoms with E-state index in [2.05, 4.69) is 20.0 Å². The first-order chi connectivity index (χ1) is 18.6. The van der Waals surface area contributed by atoms with Crippen molar-refractivity contribution in [2.24, 2.45) is 5.41 Å². The number of esters is 1. The van der Waals surface area contributed by atoms with Crippen LogP contribution in [-0.4, -0.2) is 74.9 Å². The molecule has 2 aromatic rings. The lowest BCUT2D eigenvalue weighted by atomic mass is 10.00. The molecule has 0 aliphatic heterocycles. The van der Waals surface area contributed by atoms with Gasteiger partial charge in [0.15, 0.2) is 22.9 Å². The van der Waals surface area contributed by atoms with Crippen LogP contribution in [0.5, 0.6) is 0 Å². The SMILES string of the molecule is COC(COP(=O)(NC(C)C(=O)OC(C)C)OCCSC(=O)C(C)(C)C)CC(F)n1cnc2c(N)nc(N)nc21. The van der Waals surface area contributed by atoms with Gasteiger partial charge in [-0.3, -0.25) is 23.2 Å². The number of carbonyl (C=O) groups excluding carboxylic acids is 2. The molecule has 0 aliphatic carbocycles. The summed E-state index contributed by atoms with van der Waals surface area (Å²) in [5.41, 5.74) is 11.2. The Bertz CT molecular complexity index is 1210. The largest absolute Gasteiger partial charge is 0.462 e. The summed E-state index contributed by atoms with van der Waals surface area (Å²) in [5, 5.41) is 2.48. The Morgan fingerprint density at radius 1 is 1.20 bits per heavy atom. The van der Waals surface area contributed by atoms with Crippen LogP contribution in [0.3, 0.4) is 0 Å². The number of nitrogen functional groups attached to an aromatic ring is 2. The average molecular weight is 608 g/mol. The van der Waals surface area contributed by atoms with E-state index in [9.17, 15) is 14.2 Å². The van der Waals surface area contributed by atoms with Crippen LogP contribution in [0.4, 0.5) is 16.2 Å². The monoisotopic (exact) mass is 607 g/mol. The Kier molecular flexibility index (Phi) is 12.3. The third-order valence-electron chi connectivity index (χ3n) is 5.24. The maximum atomic E-state index is 15.3. The average Bonchev–Trinajstić information content (AvgIpc) is 3.27. The smallest absolute Gasteiger partial charge is 0.406 e. The molecule has 0 amide bonds. The van der Waals surface area contributed by atoms with Gasteiger partial charge in [-0.05, 0) is 20.8 Å². The molecule has 2 heterocycles. The van der Waals surface area contributed by atoms with Gasteiger partial charge in [0, 0.05) is 24.7 Å². The van der Waals surface area contributed by atoms with Crippen molar-refractivity contribution in [2.75, 3.05) is 37.5 Å². The summed E-state index contributed by atoms with van der Waals surface area (Å²) < 4.78 is 51.6. The van der Waals surface area contributed by atoms with Gasteiger partial charge in [0.05, 0.1) is 31.7 Å². The number of fused-ring (bicyclic) bond motifs is 1. The standard InChI is InChI=1S/C23H39FN7O7PS/c1-13(2)38-20(32)14(3)30-39(34,36-8-9-40-21(33)23(4,5)6)37-11-15(35-7)10-16(24)31-12-27-17-18(25)28-22(26)29-19(17)31/h12-16H,8-11H2,1-7H3,(H,30,34)(H4,25,26,28,29). The summed E-state index contributed by atoms with van der Waals surface area (Å²) in [4.78, 5) is 36.3. The highest BCUT2D eigenvalue weighted by molar-refractivity contribution is 8.13. The molecular weight excluding hydrogens is 568 g/mol. The fourth-order valence-corrected chi connectivity index (χ4v) is 5.56. The van der Waals surface area contributed by atoms with Gasteiger partial charge < -0.3 is 20.9 Å². The van der Waals surface area contributed by atoms with Crippen LogP contribution in [0.15, 0.2) is 6.33 Å². The molecule has 0 radical (unpaired) electrons. The fourth-order valence-electron chi connectivity index (χ4n) is 3.15. The highest BCUT2D eigenvalue weighted by atomic mass is 32.2. The zero-order valence-electron chi connectivity index (χ0n) is 23.7. The number of hydrogen-bond acceptors (Lipinski definition) is 13. The minimum atomic E-state index is -4.15. The number of anilines is 2. The minimum Gasteiger partial charge on any atom is -0.462 e. The number of ether oxygens (including phenoxy) is 2. The number of imidazole rings is 1. The third-order valence-corrected chi connectivity index (χ3v) is 8.20. The number of hydrogen-bond donors (Lipinski definition) is 3. The van der Waals surface area contributed by atoms with E-state index in [-0.39, 0.29) is 53.4 Å². The Hall–Kier alpha value is -2.36. The number of halogens is 1. The van der Waals surface area contributed by atoms with Crippen LogP contribution < -0.4 is 16.6 Å². The molecule has 4 atom stereocenters. The second-order valence-corrected chi connectivity index (χ2v) is 13.0. The molecule has 0 fully saturated rings. The highest BCUT2D eigenvalue weighted by Gasteiger charge is 2.33. The molecule has 2 rings (SSSR count). The second kappa shape index (κ2) is 14.5. The molecule has 2 aromatic heterocycles. The van der Waals surface area contributed by atoms with Gasteiger partial charge in [0.2, 0.25) is 5.95 Å². The van der Waals surface area contributed by atoms with E-state index >= 15 is 4.39 Å². The number of carbonyl (C=O) groups is 2. The summed E-state index contributed by atoms with van der Waals surface area (Å²) >= 11 is 1.03. The van der Waals surface area contributed by atoms with E-state index in [1.165, 1.54) is 20.4 Å². The van der Waals surface area contributed by atoms with Crippen LogP contribution in [0.1, 0.15) is 54.3 Å². The number of nitrogens with one attached hydrogen (secondary N) is 1. The summed E-state index contributed by atoms with van der Waals surface area (Å²) in [5.74, 6) is -0.601. The molecular formula is C23H39FN7O7PS. The van der Waals surface area contributed by atoms with Crippen molar-refractivity contribution in [3.8, 4) is 0 Å². The minimum absolute atomic E-state index is 0.0108. The number of thioether (sulfide) groups is 1. The number of aromatic nitrogens is 4. The molecule has 0 saturated heterocycles. The maximum absolute atomic E-state index is 15.3. The summed E-state index contributed by atoms with van der Waals surface area (Å²) in [7, 11) is -2.81. The highest BCUT2D eigenvalue weighted by Crippen LogP contribution is 2.45. The number of alkyl halides is 1. The molecule has 4 unspecified atom stereocenters. The van der Waals surface area contributed by atoms with Crippen molar-refractivity contribution < 1.29 is 37.1 Å². The Morgan fingerprint density at radius 2 is 1.88 bits per heavy atom. The molecule has 0 saturated carbocycles. The van der Waals surface area contributed by atoms with Crippen molar-refractivity contribution in [1.29, 1.82) is 0 Å². The van der Waals surface area contributed by atoms with Crippen molar-refractivity contribution in [3.05, 3.63) is 6.33 Å². The Labute approximate surface area is 237 Å². The molecule has 17 heteroatoms. The number of nitrogens with two attached hydrogens (primary N) is 2. The zero-order valence-corrected chi connectivity index (χ0v) is 25.5. The lowest BCUT2D eigenvalue weighted by Gasteiger charge is -2.25. The van der Waals surface area contributed by atoms with Crippen LogP contribution in [0.2, 0.25) is 0 Å². The first kappa shape index (κ1) is 33.8. The van der Waals surface area contributed by atoms with E-state index in [4.69, 9.17) is 30.0 Å². The zero-order chi connectivity index (χ0) is 30.3. The van der Waals surface area contributed by atoms with E-state index < -0.39 is 43.7 Å². The quantitative estimate of drug-likeness (QED) is 0.152. The topological polar surface area (TPSA) is 196 Å². The van der Waals surface area contributed by atoms with Gasteiger partial charge in [-0.1, -0.05) is 32.5 Å². The number of methoxy groups -OCH3 is 1. The van der Waals surface area contributed by atoms with E-state index in [1.54, 1.807) is 34.6 Å². The van der Waals surface area contributed by atoms with Crippen molar-refractivity contribution >= 4 is 53.5 Å². The first-order valence-corrected chi connectivity index (χ1v) is 15.1. The van der Waals surface area contributed by atoms with Gasteiger partial charge in [-0.25, -0.2) is 19.0 Å². The number of rotatable bonds is 15. The normalized spacial score (nSPS) is 16.0. The van der Waals surface area contributed by atoms with Gasteiger partial charge in [0.1, 0.15) is 11.6 Å². The van der Waals surface area contributed by atoms with E-state index in [0.717, 1.165) is 16.3 Å². The Morgan fingerprint density at radius 3 is 2.48 bits per heavy atom. The predicted octanol–water partition coefficient (Wildman–Crippen LogP) is 3.24. The molecule has 226 valence electrons. The lowest BCUT2D eigenvalue weighted by molar-refractivity contribution is -0.149. The van der Waals surface area contributed by atoms with Gasteiger partial charge in [0.25, 0.3) is 0 Å². The maximum Gasteiger partial charge on any atom is 0.406 e. The summed E-state index contributed by atoms with van der Waals surface area (Å²) in [6, 6.07) is -1.06. The van der Waals surface area contributed by atoms with Crippen molar-refractivity contribution in [2.45, 2.75) is 72.5 Å². The predicted molar refractivity (Wildman–Crippen MR) is 150 cm³/mol. The molecule has 0 bridgehead atoms. The molecule has 0 aromatic carbocycles. The van der Waals surface area contributed by atoms with Gasteiger partial charge >= 0.3 is 13.7 Å². The van der Waals surface area contributed by atoms with Crippen LogP contribution >= 0.6 is 19.5 Å². The van der Waals surface area contributed by atoms with Crippen LogP contribution in [0.25, 0.3) is 11.2 Å². The molecule has 0 aliphatic rings. The summed E-state index contributed by atoms with van der Waals surface area (Å²) in [6.45, 7) is 9.65. The third kappa shape index (κ3) is 9.93. The van der Waals surface area contributed by atoms with E-state index in [1.807, 2.05) is 0 Å². The first-order valence-electron chi connectivity index (χ1n) is 12.5. The Balaban J connectivity index is 2.10. The van der Waals surface area contributed by atoms with Crippen molar-refractivity contribution in [1.82, 2.24) is 24.6 Å². The van der Waals surface area contributed by atoms with Crippen LogP contribution in [0, 0.1) is 5.41 Å².